The Morgan fingerprint density at radius 3 is 2.35 bits per heavy atom. The minimum absolute atomic E-state index is 0.151. The van der Waals surface area contributed by atoms with Gasteiger partial charge in [0.25, 0.3) is 0 Å². The lowest BCUT2D eigenvalue weighted by Gasteiger charge is -2.36. The first-order valence-electron chi connectivity index (χ1n) is 9.25. The molecule has 0 bridgehead atoms. The smallest absolute Gasteiger partial charge is 0.409 e. The van der Waals surface area contributed by atoms with Crippen molar-refractivity contribution in [3.8, 4) is 11.5 Å². The third kappa shape index (κ3) is 2.95. The predicted molar refractivity (Wildman–Crippen MR) is 93.5 cm³/mol. The Bertz CT molecular complexity index is 708. The maximum atomic E-state index is 13.2. The van der Waals surface area contributed by atoms with Gasteiger partial charge in [-0.2, -0.15) is 0 Å². The van der Waals surface area contributed by atoms with Crippen LogP contribution in [-0.2, 0) is 14.9 Å². The summed E-state index contributed by atoms with van der Waals surface area (Å²) < 4.78 is 16.3. The third-order valence-electron chi connectivity index (χ3n) is 5.35. The van der Waals surface area contributed by atoms with E-state index in [0.29, 0.717) is 46.0 Å². The number of amides is 2. The molecule has 1 aliphatic carbocycles. The summed E-state index contributed by atoms with van der Waals surface area (Å²) in [5, 5.41) is 0. The number of benzene rings is 1. The minimum atomic E-state index is -0.443. The summed E-state index contributed by atoms with van der Waals surface area (Å²) in [6.45, 7) is 5.37. The Hall–Kier alpha value is -2.44. The van der Waals surface area contributed by atoms with Gasteiger partial charge in [0.05, 0.1) is 12.0 Å². The lowest BCUT2D eigenvalue weighted by molar-refractivity contribution is -0.135. The molecular formula is C19H24N2O5. The summed E-state index contributed by atoms with van der Waals surface area (Å²) in [6.07, 6.45) is 1.40. The van der Waals surface area contributed by atoms with Crippen LogP contribution in [-0.4, -0.2) is 67.8 Å². The molecule has 0 aromatic heterocycles. The number of carbonyl (C=O) groups is 2. The first kappa shape index (κ1) is 17.0. The largest absolute Gasteiger partial charge is 0.486 e. The summed E-state index contributed by atoms with van der Waals surface area (Å²) >= 11 is 0. The van der Waals surface area contributed by atoms with Crippen molar-refractivity contribution >= 4 is 12.0 Å². The fourth-order valence-electron chi connectivity index (χ4n) is 3.70. The number of nitrogens with zero attached hydrogens (tertiary/aromatic N) is 2. The Morgan fingerprint density at radius 2 is 1.69 bits per heavy atom. The molecule has 2 heterocycles. The Morgan fingerprint density at radius 1 is 1.04 bits per heavy atom. The van der Waals surface area contributed by atoms with E-state index in [1.807, 2.05) is 23.1 Å². The van der Waals surface area contributed by atoms with Gasteiger partial charge in [0.2, 0.25) is 5.91 Å². The van der Waals surface area contributed by atoms with E-state index in [0.717, 1.165) is 29.9 Å². The van der Waals surface area contributed by atoms with Crippen molar-refractivity contribution < 1.29 is 23.8 Å². The molecule has 2 fully saturated rings. The van der Waals surface area contributed by atoms with Crippen LogP contribution in [0.25, 0.3) is 0 Å². The van der Waals surface area contributed by atoms with Crippen molar-refractivity contribution in [2.24, 2.45) is 0 Å². The van der Waals surface area contributed by atoms with E-state index in [1.54, 1.807) is 11.8 Å². The first-order valence-corrected chi connectivity index (χ1v) is 9.25. The maximum Gasteiger partial charge on any atom is 0.409 e. The normalized spacial score (nSPS) is 20.5. The summed E-state index contributed by atoms with van der Waals surface area (Å²) in [6, 6.07) is 5.83. The second-order valence-corrected chi connectivity index (χ2v) is 6.92. The van der Waals surface area contributed by atoms with Gasteiger partial charge in [-0.25, -0.2) is 4.79 Å². The van der Waals surface area contributed by atoms with Crippen LogP contribution in [0, 0.1) is 0 Å². The van der Waals surface area contributed by atoms with Gasteiger partial charge < -0.3 is 24.0 Å². The number of ether oxygens (including phenoxy) is 3. The van der Waals surface area contributed by atoms with Gasteiger partial charge in [-0.3, -0.25) is 4.79 Å². The van der Waals surface area contributed by atoms with Crippen molar-refractivity contribution in [3.63, 3.8) is 0 Å². The quantitative estimate of drug-likeness (QED) is 0.822. The van der Waals surface area contributed by atoms with Crippen LogP contribution in [0.3, 0.4) is 0 Å². The number of carbonyl (C=O) groups excluding carboxylic acids is 2. The molecule has 1 saturated carbocycles. The van der Waals surface area contributed by atoms with Crippen molar-refractivity contribution in [2.75, 3.05) is 46.0 Å². The minimum Gasteiger partial charge on any atom is -0.486 e. The standard InChI is InChI=1S/C19H24N2O5/c1-2-24-18(23)21-9-7-20(8-10-21)17(22)19(5-6-19)14-3-4-15-16(13-14)26-12-11-25-15/h3-4,13H,2,5-12H2,1H3. The molecule has 1 aromatic carbocycles. The molecule has 0 atom stereocenters. The topological polar surface area (TPSA) is 68.3 Å². The molecule has 1 aromatic rings. The Labute approximate surface area is 152 Å². The fraction of sp³-hybridized carbons (Fsp3) is 0.579. The third-order valence-corrected chi connectivity index (χ3v) is 5.35. The summed E-state index contributed by atoms with van der Waals surface area (Å²) in [5.41, 5.74) is 0.557. The molecule has 7 heteroatoms. The van der Waals surface area contributed by atoms with Gasteiger partial charge in [0.15, 0.2) is 11.5 Å². The average Bonchev–Trinajstić information content (AvgIpc) is 3.49. The zero-order valence-corrected chi connectivity index (χ0v) is 15.0. The number of rotatable bonds is 3. The molecule has 4 rings (SSSR count). The number of fused-ring (bicyclic) bond motifs is 1. The van der Waals surface area contributed by atoms with Crippen molar-refractivity contribution in [1.82, 2.24) is 9.80 Å². The lowest BCUT2D eigenvalue weighted by Crippen LogP contribution is -2.53. The van der Waals surface area contributed by atoms with Crippen LogP contribution < -0.4 is 9.47 Å². The monoisotopic (exact) mass is 360 g/mol. The molecule has 26 heavy (non-hydrogen) atoms. The molecule has 2 amide bonds. The van der Waals surface area contributed by atoms with Crippen LogP contribution in [0.4, 0.5) is 4.79 Å². The van der Waals surface area contributed by atoms with E-state index in [9.17, 15) is 9.59 Å². The van der Waals surface area contributed by atoms with Gasteiger partial charge in [-0.05, 0) is 37.5 Å². The van der Waals surface area contributed by atoms with E-state index in [2.05, 4.69) is 0 Å². The highest BCUT2D eigenvalue weighted by atomic mass is 16.6. The Balaban J connectivity index is 1.44. The van der Waals surface area contributed by atoms with Crippen LogP contribution in [0.5, 0.6) is 11.5 Å². The zero-order valence-electron chi connectivity index (χ0n) is 15.0. The molecule has 0 N–H and O–H groups in total. The SMILES string of the molecule is CCOC(=O)N1CCN(C(=O)C2(c3ccc4c(c3)OCCO4)CC2)CC1. The predicted octanol–water partition coefficient (Wildman–Crippen LogP) is 1.79. The summed E-state index contributed by atoms with van der Waals surface area (Å²) in [5.74, 6) is 1.61. The molecular weight excluding hydrogens is 336 g/mol. The number of hydrogen-bond donors (Lipinski definition) is 0. The molecule has 0 radical (unpaired) electrons. The second kappa shape index (κ2) is 6.70. The van der Waals surface area contributed by atoms with E-state index >= 15 is 0 Å². The highest BCUT2D eigenvalue weighted by Gasteiger charge is 2.53. The summed E-state index contributed by atoms with van der Waals surface area (Å²) in [4.78, 5) is 28.5. The molecule has 3 aliphatic rings. The van der Waals surface area contributed by atoms with Gasteiger partial charge in [0, 0.05) is 26.2 Å². The van der Waals surface area contributed by atoms with Gasteiger partial charge in [-0.1, -0.05) is 6.07 Å². The fourth-order valence-corrected chi connectivity index (χ4v) is 3.70. The number of hydrogen-bond acceptors (Lipinski definition) is 5. The van der Waals surface area contributed by atoms with Gasteiger partial charge >= 0.3 is 6.09 Å². The second-order valence-electron chi connectivity index (χ2n) is 6.92. The molecule has 2 aliphatic heterocycles. The molecule has 140 valence electrons. The molecule has 0 unspecified atom stereocenters. The highest BCUT2D eigenvalue weighted by Crippen LogP contribution is 2.51. The molecule has 7 nitrogen and oxygen atoms in total. The highest BCUT2D eigenvalue weighted by molar-refractivity contribution is 5.91. The van der Waals surface area contributed by atoms with E-state index < -0.39 is 5.41 Å². The van der Waals surface area contributed by atoms with Crippen molar-refractivity contribution in [2.45, 2.75) is 25.2 Å². The van der Waals surface area contributed by atoms with E-state index in [4.69, 9.17) is 14.2 Å². The number of piperazine rings is 1. The summed E-state index contributed by atoms with van der Waals surface area (Å²) in [7, 11) is 0. The Kier molecular flexibility index (Phi) is 4.38. The van der Waals surface area contributed by atoms with E-state index in [1.165, 1.54) is 0 Å². The average molecular weight is 360 g/mol. The van der Waals surface area contributed by atoms with E-state index in [-0.39, 0.29) is 12.0 Å². The molecule has 1 saturated heterocycles. The first-order chi connectivity index (χ1) is 12.6. The van der Waals surface area contributed by atoms with Crippen molar-refractivity contribution in [1.29, 1.82) is 0 Å². The maximum absolute atomic E-state index is 13.2. The van der Waals surface area contributed by atoms with Crippen LogP contribution in [0.2, 0.25) is 0 Å². The van der Waals surface area contributed by atoms with Crippen LogP contribution in [0.1, 0.15) is 25.3 Å². The van der Waals surface area contributed by atoms with Crippen LogP contribution >= 0.6 is 0 Å². The van der Waals surface area contributed by atoms with Crippen molar-refractivity contribution in [3.05, 3.63) is 23.8 Å². The zero-order chi connectivity index (χ0) is 18.1. The van der Waals surface area contributed by atoms with Gasteiger partial charge in [0.1, 0.15) is 13.2 Å². The lowest BCUT2D eigenvalue weighted by atomic mass is 9.93. The van der Waals surface area contributed by atoms with Gasteiger partial charge in [-0.15, -0.1) is 0 Å². The van der Waals surface area contributed by atoms with Crippen LogP contribution in [0.15, 0.2) is 18.2 Å². The molecule has 0 spiro atoms.